The summed E-state index contributed by atoms with van der Waals surface area (Å²) in [6, 6.07) is 29.0. The van der Waals surface area contributed by atoms with Crippen LogP contribution in [0.2, 0.25) is 0 Å². The topological polar surface area (TPSA) is 92.2 Å². The number of carbonyl (C=O) groups is 2. The third-order valence-electron chi connectivity index (χ3n) is 6.95. The number of allylic oxidation sites excluding steroid dienone is 1. The van der Waals surface area contributed by atoms with Crippen molar-refractivity contribution < 1.29 is 14.7 Å². The van der Waals surface area contributed by atoms with Gasteiger partial charge >= 0.3 is 0 Å². The zero-order valence-electron chi connectivity index (χ0n) is 19.9. The van der Waals surface area contributed by atoms with Gasteiger partial charge in [0.05, 0.1) is 16.8 Å². The Balaban J connectivity index is 1.67. The normalized spacial score (nSPS) is 14.2. The number of fused-ring (bicyclic) bond motifs is 2. The number of carbonyl (C=O) groups excluding carboxylic acids is 2. The lowest BCUT2D eigenvalue weighted by atomic mass is 9.76. The molecule has 6 heteroatoms. The van der Waals surface area contributed by atoms with Gasteiger partial charge in [0.25, 0.3) is 5.56 Å². The van der Waals surface area contributed by atoms with Crippen LogP contribution in [0, 0.1) is 6.92 Å². The largest absolute Gasteiger partial charge is 0.507 e. The molecule has 1 atom stereocenters. The molecule has 4 aromatic carbocycles. The monoisotopic (exact) mass is 486 g/mol. The molecule has 180 valence electrons. The van der Waals surface area contributed by atoms with Gasteiger partial charge in [0, 0.05) is 22.7 Å². The molecule has 0 saturated carbocycles. The first-order valence-electron chi connectivity index (χ1n) is 11.9. The van der Waals surface area contributed by atoms with E-state index >= 15 is 0 Å². The summed E-state index contributed by atoms with van der Waals surface area (Å²) < 4.78 is 1.42. The van der Waals surface area contributed by atoms with E-state index in [0.29, 0.717) is 22.5 Å². The average Bonchev–Trinajstić information content (AvgIpc) is 3.23. The number of aromatic amines is 1. The Morgan fingerprint density at radius 2 is 1.38 bits per heavy atom. The molecule has 0 saturated heterocycles. The molecule has 0 fully saturated rings. The molecule has 1 aliphatic carbocycles. The maximum atomic E-state index is 13.9. The van der Waals surface area contributed by atoms with Gasteiger partial charge < -0.3 is 5.11 Å². The second-order valence-electron chi connectivity index (χ2n) is 9.13. The molecule has 1 aliphatic rings. The van der Waals surface area contributed by atoms with Crippen LogP contribution in [0.25, 0.3) is 22.2 Å². The van der Waals surface area contributed by atoms with Crippen LogP contribution in [0.3, 0.4) is 0 Å². The Labute approximate surface area is 212 Å². The fourth-order valence-corrected chi connectivity index (χ4v) is 5.18. The summed E-state index contributed by atoms with van der Waals surface area (Å²) in [6.07, 6.45) is 0. The Bertz CT molecular complexity index is 1810. The summed E-state index contributed by atoms with van der Waals surface area (Å²) in [6.45, 7) is 1.75. The third-order valence-corrected chi connectivity index (χ3v) is 6.95. The van der Waals surface area contributed by atoms with E-state index in [1.54, 1.807) is 37.3 Å². The lowest BCUT2D eigenvalue weighted by Crippen LogP contribution is -2.30. The van der Waals surface area contributed by atoms with E-state index in [4.69, 9.17) is 0 Å². The van der Waals surface area contributed by atoms with Crippen LogP contribution in [0.15, 0.2) is 107 Å². The predicted octanol–water partition coefficient (Wildman–Crippen LogP) is 5.49. The SMILES string of the molecule is Cc1[nH]n(-c2ccccc2)c(=O)c1C(C1=C(O)c2ccccc2C(=O)C1=O)c1ccc2ccccc2c1. The molecular weight excluding hydrogens is 464 g/mol. The van der Waals surface area contributed by atoms with E-state index < -0.39 is 17.5 Å². The number of hydrogen-bond acceptors (Lipinski definition) is 4. The zero-order chi connectivity index (χ0) is 25.7. The maximum absolute atomic E-state index is 13.9. The zero-order valence-corrected chi connectivity index (χ0v) is 19.9. The van der Waals surface area contributed by atoms with Crippen LogP contribution in [0.1, 0.15) is 38.7 Å². The van der Waals surface area contributed by atoms with Gasteiger partial charge in [-0.3, -0.25) is 19.5 Å². The summed E-state index contributed by atoms with van der Waals surface area (Å²) in [4.78, 5) is 40.6. The third kappa shape index (κ3) is 3.53. The van der Waals surface area contributed by atoms with Crippen LogP contribution in [-0.2, 0) is 4.79 Å². The number of para-hydroxylation sites is 1. The molecule has 0 radical (unpaired) electrons. The summed E-state index contributed by atoms with van der Waals surface area (Å²) in [5, 5.41) is 16.4. The Morgan fingerprint density at radius 1 is 0.730 bits per heavy atom. The van der Waals surface area contributed by atoms with Crippen molar-refractivity contribution in [2.24, 2.45) is 0 Å². The van der Waals surface area contributed by atoms with Gasteiger partial charge in [-0.25, -0.2) is 4.68 Å². The smallest absolute Gasteiger partial charge is 0.275 e. The van der Waals surface area contributed by atoms with Gasteiger partial charge in [-0.2, -0.15) is 0 Å². The second-order valence-corrected chi connectivity index (χ2v) is 9.13. The minimum absolute atomic E-state index is 0.0987. The van der Waals surface area contributed by atoms with Crippen molar-refractivity contribution in [3.63, 3.8) is 0 Å². The van der Waals surface area contributed by atoms with E-state index in [-0.39, 0.29) is 28.0 Å². The first kappa shape index (κ1) is 22.5. The number of Topliss-reactive ketones (excluding diaryl/α,β-unsaturated/α-hetero) is 2. The van der Waals surface area contributed by atoms with Crippen molar-refractivity contribution in [1.82, 2.24) is 9.78 Å². The first-order chi connectivity index (χ1) is 18.0. The van der Waals surface area contributed by atoms with Crippen LogP contribution in [-0.4, -0.2) is 26.5 Å². The number of aryl methyl sites for hydroxylation is 1. The minimum atomic E-state index is -0.969. The lowest BCUT2D eigenvalue weighted by molar-refractivity contribution is -0.112. The maximum Gasteiger partial charge on any atom is 0.275 e. The van der Waals surface area contributed by atoms with E-state index in [1.165, 1.54) is 10.7 Å². The van der Waals surface area contributed by atoms with Crippen molar-refractivity contribution in [2.45, 2.75) is 12.8 Å². The molecule has 1 unspecified atom stereocenters. The number of ketones is 2. The number of aliphatic hydroxyl groups is 1. The van der Waals surface area contributed by atoms with Crippen LogP contribution in [0.5, 0.6) is 0 Å². The van der Waals surface area contributed by atoms with Crippen molar-refractivity contribution in [2.75, 3.05) is 0 Å². The number of aromatic nitrogens is 2. The highest BCUT2D eigenvalue weighted by molar-refractivity contribution is 6.52. The van der Waals surface area contributed by atoms with Crippen molar-refractivity contribution >= 4 is 28.1 Å². The highest BCUT2D eigenvalue weighted by Gasteiger charge is 2.40. The lowest BCUT2D eigenvalue weighted by Gasteiger charge is -2.25. The van der Waals surface area contributed by atoms with E-state index in [2.05, 4.69) is 5.10 Å². The number of nitrogens with zero attached hydrogens (tertiary/aromatic N) is 1. The van der Waals surface area contributed by atoms with Gasteiger partial charge in [-0.15, -0.1) is 0 Å². The Hall–Kier alpha value is -4.97. The van der Waals surface area contributed by atoms with E-state index in [0.717, 1.165) is 10.8 Å². The number of H-pyrrole nitrogens is 1. The molecule has 2 N–H and O–H groups in total. The molecule has 6 rings (SSSR count). The number of nitrogens with one attached hydrogen (secondary N) is 1. The molecule has 0 amide bonds. The first-order valence-corrected chi connectivity index (χ1v) is 11.9. The predicted molar refractivity (Wildman–Crippen MR) is 142 cm³/mol. The van der Waals surface area contributed by atoms with Gasteiger partial charge in [0.1, 0.15) is 5.76 Å². The molecular formula is C31H22N2O4. The van der Waals surface area contributed by atoms with Gasteiger partial charge in [0.2, 0.25) is 11.6 Å². The standard InChI is InChI=1S/C31H22N2O4/c1-18-25(31(37)33(32-18)22-11-3-2-4-12-22)26(21-16-15-19-9-5-6-10-20(19)17-21)27-28(34)23-13-7-8-14-24(23)29(35)30(27)36/h2-17,26,32,34H,1H3. The number of rotatable bonds is 4. The fraction of sp³-hybridized carbons (Fsp3) is 0.0645. The van der Waals surface area contributed by atoms with Crippen molar-refractivity contribution in [3.8, 4) is 5.69 Å². The number of benzene rings is 4. The summed E-state index contributed by atoms with van der Waals surface area (Å²) >= 11 is 0. The Kier molecular flexibility index (Phi) is 5.23. The van der Waals surface area contributed by atoms with Crippen LogP contribution >= 0.6 is 0 Å². The van der Waals surface area contributed by atoms with Crippen LogP contribution < -0.4 is 5.56 Å². The number of hydrogen-bond donors (Lipinski definition) is 2. The summed E-state index contributed by atoms with van der Waals surface area (Å²) in [5.74, 6) is -2.78. The summed E-state index contributed by atoms with van der Waals surface area (Å²) in [7, 11) is 0. The second kappa shape index (κ2) is 8.60. The molecule has 0 aliphatic heterocycles. The molecule has 37 heavy (non-hydrogen) atoms. The number of aliphatic hydroxyl groups excluding tert-OH is 1. The van der Waals surface area contributed by atoms with Crippen LogP contribution in [0.4, 0.5) is 0 Å². The fourth-order valence-electron chi connectivity index (χ4n) is 5.18. The van der Waals surface area contributed by atoms with Crippen molar-refractivity contribution in [3.05, 3.63) is 141 Å². The molecule has 0 spiro atoms. The molecule has 6 nitrogen and oxygen atoms in total. The van der Waals surface area contributed by atoms with Gasteiger partial charge in [-0.05, 0) is 35.4 Å². The molecule has 1 heterocycles. The summed E-state index contributed by atoms with van der Waals surface area (Å²) in [5.41, 5.74) is 2.06. The van der Waals surface area contributed by atoms with E-state index in [9.17, 15) is 19.5 Å². The van der Waals surface area contributed by atoms with Crippen molar-refractivity contribution in [1.29, 1.82) is 0 Å². The van der Waals surface area contributed by atoms with Gasteiger partial charge in [-0.1, -0.05) is 84.9 Å². The van der Waals surface area contributed by atoms with Gasteiger partial charge in [0.15, 0.2) is 0 Å². The highest BCUT2D eigenvalue weighted by Crippen LogP contribution is 2.40. The average molecular weight is 487 g/mol. The van der Waals surface area contributed by atoms with E-state index in [1.807, 2.05) is 60.7 Å². The molecule has 5 aromatic rings. The Morgan fingerprint density at radius 3 is 2.14 bits per heavy atom. The molecule has 0 bridgehead atoms. The highest BCUT2D eigenvalue weighted by atomic mass is 16.3. The molecule has 1 aromatic heterocycles. The quantitative estimate of drug-likeness (QED) is 0.329. The minimum Gasteiger partial charge on any atom is -0.507 e.